The second-order valence-electron chi connectivity index (χ2n) is 5.28. The summed E-state index contributed by atoms with van der Waals surface area (Å²) in [6, 6.07) is 0. The molecule has 0 aliphatic carbocycles. The third-order valence-corrected chi connectivity index (χ3v) is 4.00. The molecular weight excluding hydrogens is 232 g/mol. The Hall–Kier alpha value is -1.20. The maximum atomic E-state index is 12.5. The molecular formula is C13H18N2O3. The number of carbonyl (C=O) groups is 1. The van der Waals surface area contributed by atoms with Crippen LogP contribution >= 0.6 is 0 Å². The fraction of sp³-hybridized carbons (Fsp3) is 0.692. The molecule has 2 unspecified atom stereocenters. The SMILES string of the molecule is Cn1cncc1C(=O)C1CCOC2(CCOC2)C1. The van der Waals surface area contributed by atoms with E-state index in [0.29, 0.717) is 18.9 Å². The van der Waals surface area contributed by atoms with Crippen molar-refractivity contribution in [2.75, 3.05) is 19.8 Å². The first-order chi connectivity index (χ1) is 8.70. The van der Waals surface area contributed by atoms with Gasteiger partial charge in [0, 0.05) is 32.6 Å². The van der Waals surface area contributed by atoms with Gasteiger partial charge in [-0.1, -0.05) is 0 Å². The van der Waals surface area contributed by atoms with Crippen LogP contribution in [0.1, 0.15) is 29.8 Å². The van der Waals surface area contributed by atoms with Gasteiger partial charge in [0.2, 0.25) is 0 Å². The highest BCUT2D eigenvalue weighted by Gasteiger charge is 2.43. The van der Waals surface area contributed by atoms with Crippen molar-refractivity contribution in [2.24, 2.45) is 13.0 Å². The second kappa shape index (κ2) is 4.48. The zero-order chi connectivity index (χ0) is 12.6. The fourth-order valence-corrected chi connectivity index (χ4v) is 2.92. The molecule has 2 fully saturated rings. The van der Waals surface area contributed by atoms with Gasteiger partial charge in [0.05, 0.1) is 24.7 Å². The number of aromatic nitrogens is 2. The lowest BCUT2D eigenvalue weighted by Crippen LogP contribution is -2.42. The molecule has 5 nitrogen and oxygen atoms in total. The summed E-state index contributed by atoms with van der Waals surface area (Å²) in [6.45, 7) is 2.02. The van der Waals surface area contributed by atoms with E-state index in [0.717, 1.165) is 25.9 Å². The summed E-state index contributed by atoms with van der Waals surface area (Å²) in [5.41, 5.74) is 0.480. The highest BCUT2D eigenvalue weighted by Crippen LogP contribution is 2.36. The van der Waals surface area contributed by atoms with Crippen molar-refractivity contribution in [1.82, 2.24) is 9.55 Å². The van der Waals surface area contributed by atoms with Crippen molar-refractivity contribution < 1.29 is 14.3 Å². The van der Waals surface area contributed by atoms with E-state index >= 15 is 0 Å². The van der Waals surface area contributed by atoms with Gasteiger partial charge in [-0.15, -0.1) is 0 Å². The predicted molar refractivity (Wildman–Crippen MR) is 64.4 cm³/mol. The van der Waals surface area contributed by atoms with E-state index < -0.39 is 0 Å². The molecule has 1 aromatic heterocycles. The van der Waals surface area contributed by atoms with Crippen LogP contribution in [0, 0.1) is 5.92 Å². The molecule has 0 bridgehead atoms. The Morgan fingerprint density at radius 2 is 2.44 bits per heavy atom. The molecule has 0 amide bonds. The number of hydrogen-bond acceptors (Lipinski definition) is 4. The number of hydrogen-bond donors (Lipinski definition) is 0. The van der Waals surface area contributed by atoms with Crippen LogP contribution in [0.15, 0.2) is 12.5 Å². The molecule has 1 spiro atoms. The normalized spacial score (nSPS) is 31.9. The number of carbonyl (C=O) groups excluding carboxylic acids is 1. The minimum atomic E-state index is -0.211. The van der Waals surface area contributed by atoms with Crippen LogP contribution in [0.3, 0.4) is 0 Å². The van der Waals surface area contributed by atoms with Crippen molar-refractivity contribution in [3.63, 3.8) is 0 Å². The van der Waals surface area contributed by atoms with Gasteiger partial charge >= 0.3 is 0 Å². The van der Waals surface area contributed by atoms with E-state index in [2.05, 4.69) is 4.98 Å². The first-order valence-corrected chi connectivity index (χ1v) is 6.42. The molecule has 1 aromatic rings. The van der Waals surface area contributed by atoms with Crippen molar-refractivity contribution in [2.45, 2.75) is 24.9 Å². The average Bonchev–Trinajstić information content (AvgIpc) is 2.98. The highest BCUT2D eigenvalue weighted by atomic mass is 16.6. The number of rotatable bonds is 2. The number of imidazole rings is 1. The summed E-state index contributed by atoms with van der Waals surface area (Å²) in [7, 11) is 1.86. The number of Topliss-reactive ketones (excluding diaryl/α,β-unsaturated/α-hetero) is 1. The number of aryl methyl sites for hydroxylation is 1. The number of ether oxygens (including phenoxy) is 2. The number of nitrogens with zero attached hydrogens (tertiary/aromatic N) is 2. The molecule has 5 heteroatoms. The third-order valence-electron chi connectivity index (χ3n) is 4.00. The topological polar surface area (TPSA) is 53.4 Å². The van der Waals surface area contributed by atoms with Gasteiger partial charge in [0.1, 0.15) is 5.69 Å². The lowest BCUT2D eigenvalue weighted by Gasteiger charge is -2.36. The Labute approximate surface area is 106 Å². The third kappa shape index (κ3) is 1.97. The van der Waals surface area contributed by atoms with Gasteiger partial charge < -0.3 is 14.0 Å². The summed E-state index contributed by atoms with van der Waals surface area (Å²) in [4.78, 5) is 16.5. The van der Waals surface area contributed by atoms with Crippen LogP contribution in [-0.2, 0) is 16.5 Å². The first-order valence-electron chi connectivity index (χ1n) is 6.42. The quantitative estimate of drug-likeness (QED) is 0.740. The maximum Gasteiger partial charge on any atom is 0.184 e. The van der Waals surface area contributed by atoms with Crippen molar-refractivity contribution >= 4 is 5.78 Å². The molecule has 2 atom stereocenters. The summed E-state index contributed by atoms with van der Waals surface area (Å²) < 4.78 is 13.1. The van der Waals surface area contributed by atoms with Crippen LogP contribution in [-0.4, -0.2) is 40.8 Å². The molecule has 0 aromatic carbocycles. The van der Waals surface area contributed by atoms with E-state index in [1.54, 1.807) is 17.1 Å². The van der Waals surface area contributed by atoms with Gasteiger partial charge in [-0.05, 0) is 12.8 Å². The Morgan fingerprint density at radius 1 is 1.56 bits per heavy atom. The van der Waals surface area contributed by atoms with E-state index in [1.807, 2.05) is 7.05 Å². The van der Waals surface area contributed by atoms with Crippen LogP contribution in [0.5, 0.6) is 0 Å². The Kier molecular flexibility index (Phi) is 2.95. The lowest BCUT2D eigenvalue weighted by molar-refractivity contribution is -0.0921. The molecule has 2 saturated heterocycles. The van der Waals surface area contributed by atoms with Crippen molar-refractivity contribution in [3.05, 3.63) is 18.2 Å². The van der Waals surface area contributed by atoms with Gasteiger partial charge in [-0.25, -0.2) is 4.98 Å². The van der Waals surface area contributed by atoms with E-state index in [-0.39, 0.29) is 17.3 Å². The minimum absolute atomic E-state index is 0.0378. The molecule has 3 heterocycles. The van der Waals surface area contributed by atoms with Gasteiger partial charge in [-0.3, -0.25) is 4.79 Å². The van der Waals surface area contributed by atoms with Crippen LogP contribution in [0.25, 0.3) is 0 Å². The molecule has 0 N–H and O–H groups in total. The largest absolute Gasteiger partial charge is 0.378 e. The van der Waals surface area contributed by atoms with Crippen molar-refractivity contribution in [3.8, 4) is 0 Å². The van der Waals surface area contributed by atoms with Gasteiger partial charge in [-0.2, -0.15) is 0 Å². The van der Waals surface area contributed by atoms with Crippen molar-refractivity contribution in [1.29, 1.82) is 0 Å². The Balaban J connectivity index is 1.76. The standard InChI is InChI=1S/C13H18N2O3/c1-15-9-14-7-11(15)12(16)10-2-4-18-13(6-10)3-5-17-8-13/h7,9-10H,2-6,8H2,1H3. The summed E-state index contributed by atoms with van der Waals surface area (Å²) in [5, 5.41) is 0. The molecule has 2 aliphatic rings. The minimum Gasteiger partial charge on any atom is -0.378 e. The Bertz CT molecular complexity index is 449. The molecule has 0 radical (unpaired) electrons. The average molecular weight is 250 g/mol. The van der Waals surface area contributed by atoms with E-state index in [1.165, 1.54) is 0 Å². The first kappa shape index (κ1) is 11.9. The second-order valence-corrected chi connectivity index (χ2v) is 5.28. The molecule has 98 valence electrons. The molecule has 18 heavy (non-hydrogen) atoms. The number of ketones is 1. The zero-order valence-corrected chi connectivity index (χ0v) is 10.6. The molecule has 0 saturated carbocycles. The van der Waals surface area contributed by atoms with E-state index in [4.69, 9.17) is 9.47 Å². The summed E-state index contributed by atoms with van der Waals surface area (Å²) in [5.74, 6) is 0.223. The molecule has 2 aliphatic heterocycles. The van der Waals surface area contributed by atoms with Gasteiger partial charge in [0.25, 0.3) is 0 Å². The van der Waals surface area contributed by atoms with Crippen LogP contribution in [0.4, 0.5) is 0 Å². The highest BCUT2D eigenvalue weighted by molar-refractivity contribution is 5.96. The van der Waals surface area contributed by atoms with Crippen LogP contribution in [0.2, 0.25) is 0 Å². The summed E-state index contributed by atoms with van der Waals surface area (Å²) >= 11 is 0. The smallest absolute Gasteiger partial charge is 0.184 e. The lowest BCUT2D eigenvalue weighted by atomic mass is 9.82. The predicted octanol–water partition coefficient (Wildman–Crippen LogP) is 1.19. The maximum absolute atomic E-state index is 12.5. The zero-order valence-electron chi connectivity index (χ0n) is 10.6. The van der Waals surface area contributed by atoms with Crippen LogP contribution < -0.4 is 0 Å². The Morgan fingerprint density at radius 3 is 3.11 bits per heavy atom. The van der Waals surface area contributed by atoms with Gasteiger partial charge in [0.15, 0.2) is 5.78 Å². The summed E-state index contributed by atoms with van der Waals surface area (Å²) in [6.07, 6.45) is 5.79. The monoisotopic (exact) mass is 250 g/mol. The molecule has 3 rings (SSSR count). The fourth-order valence-electron chi connectivity index (χ4n) is 2.92. The van der Waals surface area contributed by atoms with E-state index in [9.17, 15) is 4.79 Å².